The summed E-state index contributed by atoms with van der Waals surface area (Å²) in [6.45, 7) is 9.06. The lowest BCUT2D eigenvalue weighted by Gasteiger charge is -2.60. The summed E-state index contributed by atoms with van der Waals surface area (Å²) in [4.78, 5) is 14.2. The number of amides is 1. The maximum Gasteiger partial charge on any atom is 0.226 e. The van der Waals surface area contributed by atoms with Gasteiger partial charge < -0.3 is 4.90 Å². The van der Waals surface area contributed by atoms with E-state index in [0.717, 1.165) is 30.8 Å². The molecule has 4 rings (SSSR count). The number of hydrogen-bond donors (Lipinski definition) is 0. The molecule has 14 heavy (non-hydrogen) atoms. The van der Waals surface area contributed by atoms with Gasteiger partial charge in [-0.05, 0) is 29.6 Å². The van der Waals surface area contributed by atoms with E-state index >= 15 is 0 Å². The van der Waals surface area contributed by atoms with E-state index in [-0.39, 0.29) is 0 Å². The van der Waals surface area contributed by atoms with Crippen molar-refractivity contribution >= 4 is 5.91 Å². The molecule has 0 aromatic rings. The molecule has 4 aliphatic rings. The van der Waals surface area contributed by atoms with Gasteiger partial charge in [-0.1, -0.05) is 20.8 Å². The monoisotopic (exact) mass is 193 g/mol. The molecule has 2 heteroatoms. The van der Waals surface area contributed by atoms with E-state index in [1.54, 1.807) is 0 Å². The van der Waals surface area contributed by atoms with Crippen LogP contribution in [0.4, 0.5) is 0 Å². The molecule has 0 spiro atoms. The molecule has 3 heterocycles. The van der Waals surface area contributed by atoms with Gasteiger partial charge in [0.1, 0.15) is 0 Å². The minimum absolute atomic E-state index is 0.351. The van der Waals surface area contributed by atoms with Crippen molar-refractivity contribution in [2.24, 2.45) is 35.5 Å². The average Bonchev–Trinajstić information content (AvgIpc) is 2.14. The highest BCUT2D eigenvalue weighted by atomic mass is 16.2. The summed E-state index contributed by atoms with van der Waals surface area (Å²) >= 11 is 0. The van der Waals surface area contributed by atoms with Crippen LogP contribution in [-0.4, -0.2) is 23.9 Å². The highest BCUT2D eigenvalue weighted by Gasteiger charge is 2.57. The Bertz CT molecular complexity index is 268. The Labute approximate surface area is 85.7 Å². The number of hydrogen-bond acceptors (Lipinski definition) is 1. The lowest BCUT2D eigenvalue weighted by Crippen LogP contribution is -2.66. The number of carbonyl (C=O) groups excluding carboxylic acids is 1. The Morgan fingerprint density at radius 3 is 2.00 bits per heavy atom. The van der Waals surface area contributed by atoms with Crippen LogP contribution in [0.1, 0.15) is 20.8 Å². The van der Waals surface area contributed by atoms with Crippen molar-refractivity contribution in [2.75, 3.05) is 13.1 Å². The SMILES string of the molecule is CC1C2C(=O)N3C[C@H]1C(C)[C@@H](C3)C2C. The Morgan fingerprint density at radius 1 is 1.00 bits per heavy atom. The number of nitrogens with zero attached hydrogens (tertiary/aromatic N) is 1. The van der Waals surface area contributed by atoms with Crippen LogP contribution in [0, 0.1) is 35.5 Å². The van der Waals surface area contributed by atoms with E-state index in [4.69, 9.17) is 0 Å². The van der Waals surface area contributed by atoms with Gasteiger partial charge in [-0.3, -0.25) is 4.79 Å². The maximum atomic E-state index is 12.0. The van der Waals surface area contributed by atoms with E-state index in [9.17, 15) is 4.79 Å². The molecule has 4 fully saturated rings. The highest BCUT2D eigenvalue weighted by molar-refractivity contribution is 5.81. The van der Waals surface area contributed by atoms with Gasteiger partial charge in [0.25, 0.3) is 0 Å². The molecule has 4 unspecified atom stereocenters. The van der Waals surface area contributed by atoms with Crippen molar-refractivity contribution in [3.05, 3.63) is 0 Å². The zero-order valence-corrected chi connectivity index (χ0v) is 9.23. The van der Waals surface area contributed by atoms with Gasteiger partial charge in [-0.25, -0.2) is 0 Å². The van der Waals surface area contributed by atoms with Gasteiger partial charge in [0.15, 0.2) is 0 Å². The third-order valence-electron chi connectivity index (χ3n) is 5.29. The Kier molecular flexibility index (Phi) is 1.58. The molecule has 1 amide bonds. The second-order valence-electron chi connectivity index (χ2n) is 5.67. The van der Waals surface area contributed by atoms with E-state index in [0.29, 0.717) is 23.7 Å². The first kappa shape index (κ1) is 8.75. The van der Waals surface area contributed by atoms with Crippen LogP contribution in [0.2, 0.25) is 0 Å². The minimum atomic E-state index is 0.351. The van der Waals surface area contributed by atoms with Gasteiger partial charge in [0.2, 0.25) is 5.91 Å². The van der Waals surface area contributed by atoms with E-state index in [2.05, 4.69) is 25.7 Å². The molecule has 0 aromatic carbocycles. The van der Waals surface area contributed by atoms with Crippen molar-refractivity contribution in [2.45, 2.75) is 20.8 Å². The smallest absolute Gasteiger partial charge is 0.226 e. The first-order valence-electron chi connectivity index (χ1n) is 5.90. The normalized spacial score (nSPS) is 55.6. The Morgan fingerprint density at radius 2 is 1.50 bits per heavy atom. The van der Waals surface area contributed by atoms with E-state index in [1.165, 1.54) is 0 Å². The second kappa shape index (κ2) is 2.53. The van der Waals surface area contributed by atoms with Crippen molar-refractivity contribution in [3.8, 4) is 0 Å². The quantitative estimate of drug-likeness (QED) is 0.572. The predicted octanol–water partition coefficient (Wildman–Crippen LogP) is 1.61. The summed E-state index contributed by atoms with van der Waals surface area (Å²) in [7, 11) is 0. The number of rotatable bonds is 0. The van der Waals surface area contributed by atoms with Gasteiger partial charge in [0, 0.05) is 19.0 Å². The van der Waals surface area contributed by atoms with Crippen LogP contribution in [0.5, 0.6) is 0 Å². The molecule has 1 saturated carbocycles. The molecule has 78 valence electrons. The standard InChI is InChI=1S/C12H19NO/c1-6-9-4-13-5-10(6)8(3)11(7(9)2)12(13)14/h6-11H,4-5H2,1-3H3/t6?,7?,8?,9-,10+,11?. The first-order valence-corrected chi connectivity index (χ1v) is 5.90. The fraction of sp³-hybridized carbons (Fsp3) is 0.917. The van der Waals surface area contributed by atoms with Crippen LogP contribution in [-0.2, 0) is 4.79 Å². The highest BCUT2D eigenvalue weighted by Crippen LogP contribution is 2.53. The van der Waals surface area contributed by atoms with Crippen molar-refractivity contribution in [3.63, 3.8) is 0 Å². The van der Waals surface area contributed by atoms with Crippen molar-refractivity contribution in [1.82, 2.24) is 4.90 Å². The largest absolute Gasteiger partial charge is 0.342 e. The summed E-state index contributed by atoms with van der Waals surface area (Å²) in [6.07, 6.45) is 0. The van der Waals surface area contributed by atoms with Gasteiger partial charge in [-0.15, -0.1) is 0 Å². The molecule has 6 atom stereocenters. The van der Waals surface area contributed by atoms with Gasteiger partial charge in [-0.2, -0.15) is 0 Å². The molecule has 1 aliphatic carbocycles. The fourth-order valence-electron chi connectivity index (χ4n) is 4.38. The second-order valence-corrected chi connectivity index (χ2v) is 5.67. The number of piperidine rings is 3. The molecule has 0 radical (unpaired) electrons. The van der Waals surface area contributed by atoms with Crippen LogP contribution in [0.25, 0.3) is 0 Å². The molecular weight excluding hydrogens is 174 g/mol. The van der Waals surface area contributed by atoms with E-state index in [1.807, 2.05) is 0 Å². The first-order chi connectivity index (χ1) is 6.61. The third kappa shape index (κ3) is 0.807. The Balaban J connectivity index is 2.03. The minimum Gasteiger partial charge on any atom is -0.342 e. The average molecular weight is 193 g/mol. The summed E-state index contributed by atoms with van der Waals surface area (Å²) in [5, 5.41) is 0. The van der Waals surface area contributed by atoms with Crippen LogP contribution in [0.15, 0.2) is 0 Å². The molecule has 2 nitrogen and oxygen atoms in total. The molecule has 3 aliphatic heterocycles. The predicted molar refractivity (Wildman–Crippen MR) is 54.5 cm³/mol. The zero-order valence-electron chi connectivity index (χ0n) is 9.23. The van der Waals surface area contributed by atoms with Crippen LogP contribution < -0.4 is 0 Å². The fourth-order valence-corrected chi connectivity index (χ4v) is 4.38. The molecule has 4 bridgehead atoms. The zero-order chi connectivity index (χ0) is 10.0. The van der Waals surface area contributed by atoms with Crippen LogP contribution >= 0.6 is 0 Å². The summed E-state index contributed by atoms with van der Waals surface area (Å²) < 4.78 is 0. The summed E-state index contributed by atoms with van der Waals surface area (Å²) in [5.74, 6) is 4.45. The Hall–Kier alpha value is -0.530. The lowest BCUT2D eigenvalue weighted by atomic mass is 9.53. The van der Waals surface area contributed by atoms with Gasteiger partial charge >= 0.3 is 0 Å². The van der Waals surface area contributed by atoms with Crippen molar-refractivity contribution < 1.29 is 4.79 Å². The topological polar surface area (TPSA) is 20.3 Å². The summed E-state index contributed by atoms with van der Waals surface area (Å²) in [5.41, 5.74) is 0. The van der Waals surface area contributed by atoms with E-state index < -0.39 is 0 Å². The third-order valence-corrected chi connectivity index (χ3v) is 5.29. The number of carbonyl (C=O) groups is 1. The van der Waals surface area contributed by atoms with Crippen LogP contribution in [0.3, 0.4) is 0 Å². The molecule has 0 N–H and O–H groups in total. The summed E-state index contributed by atoms with van der Waals surface area (Å²) in [6, 6.07) is 0. The molecular formula is C12H19NO. The maximum absolute atomic E-state index is 12.0. The molecule has 0 aromatic heterocycles. The lowest BCUT2D eigenvalue weighted by molar-refractivity contribution is -0.176. The van der Waals surface area contributed by atoms with Gasteiger partial charge in [0.05, 0.1) is 0 Å². The van der Waals surface area contributed by atoms with Crippen molar-refractivity contribution in [1.29, 1.82) is 0 Å². The molecule has 3 saturated heterocycles.